The van der Waals surface area contributed by atoms with Gasteiger partial charge in [-0.3, -0.25) is 4.79 Å². The van der Waals surface area contributed by atoms with Crippen LogP contribution in [0.3, 0.4) is 0 Å². The molecule has 0 radical (unpaired) electrons. The largest absolute Gasteiger partial charge is 0.494 e. The Balaban J connectivity index is 2.77. The molecule has 0 saturated heterocycles. The first-order valence-corrected chi connectivity index (χ1v) is 5.66. The number of carbonyl (C=O) groups is 1. The number of carboxylic acids is 1. The summed E-state index contributed by atoms with van der Waals surface area (Å²) in [5.74, 6) is -0.192. The fourth-order valence-corrected chi connectivity index (χ4v) is 1.41. The van der Waals surface area contributed by atoms with E-state index in [0.29, 0.717) is 17.9 Å². The van der Waals surface area contributed by atoms with E-state index in [-0.39, 0.29) is 0 Å². The summed E-state index contributed by atoms with van der Waals surface area (Å²) >= 11 is 3.10. The van der Waals surface area contributed by atoms with Gasteiger partial charge in [0.05, 0.1) is 6.61 Å². The van der Waals surface area contributed by atoms with Crippen LogP contribution in [0.5, 0.6) is 5.75 Å². The molecule has 0 heterocycles. The van der Waals surface area contributed by atoms with Crippen molar-refractivity contribution < 1.29 is 14.6 Å². The summed E-state index contributed by atoms with van der Waals surface area (Å²) in [6, 6.07) is 7.10. The Labute approximate surface area is 97.2 Å². The number of aliphatic carboxylic acids is 1. The van der Waals surface area contributed by atoms with Gasteiger partial charge in [0.2, 0.25) is 0 Å². The van der Waals surface area contributed by atoms with Crippen LogP contribution >= 0.6 is 15.9 Å². The molecule has 3 nitrogen and oxygen atoms in total. The summed E-state index contributed by atoms with van der Waals surface area (Å²) in [4.78, 5) is 10.1. The van der Waals surface area contributed by atoms with E-state index >= 15 is 0 Å². The van der Waals surface area contributed by atoms with Crippen molar-refractivity contribution >= 4 is 21.9 Å². The minimum absolute atomic E-state index is 0.642. The molecule has 0 spiro atoms. The lowest BCUT2D eigenvalue weighted by Crippen LogP contribution is -2.04. The van der Waals surface area contributed by atoms with Crippen LogP contribution in [-0.2, 0) is 4.79 Å². The smallest absolute Gasteiger partial charge is 0.321 e. The fourth-order valence-electron chi connectivity index (χ4n) is 1.12. The van der Waals surface area contributed by atoms with Crippen LogP contribution in [0.4, 0.5) is 0 Å². The van der Waals surface area contributed by atoms with Gasteiger partial charge >= 0.3 is 5.97 Å². The highest BCUT2D eigenvalue weighted by molar-refractivity contribution is 9.09. The zero-order valence-electron chi connectivity index (χ0n) is 8.44. The molecule has 0 aliphatic heterocycles. The van der Waals surface area contributed by atoms with Crippen molar-refractivity contribution in [2.75, 3.05) is 6.61 Å². The molecule has 0 saturated carbocycles. The molecule has 1 rings (SSSR count). The van der Waals surface area contributed by atoms with E-state index in [1.807, 2.05) is 13.0 Å². The van der Waals surface area contributed by atoms with E-state index in [9.17, 15) is 4.79 Å². The van der Waals surface area contributed by atoms with Crippen LogP contribution in [0, 0.1) is 0 Å². The number of rotatable bonds is 5. The lowest BCUT2D eigenvalue weighted by Gasteiger charge is -2.08. The normalized spacial score (nSPS) is 12.1. The summed E-state index contributed by atoms with van der Waals surface area (Å²) in [7, 11) is 0. The second-order valence-electron chi connectivity index (χ2n) is 3.12. The van der Waals surface area contributed by atoms with Gasteiger partial charge in [-0.25, -0.2) is 0 Å². The monoisotopic (exact) mass is 272 g/mol. The molecule has 1 unspecified atom stereocenters. The van der Waals surface area contributed by atoms with Crippen molar-refractivity contribution in [2.24, 2.45) is 0 Å². The van der Waals surface area contributed by atoms with Gasteiger partial charge in [-0.05, 0) is 24.1 Å². The Morgan fingerprint density at radius 1 is 1.60 bits per heavy atom. The molecule has 0 aromatic heterocycles. The van der Waals surface area contributed by atoms with Crippen LogP contribution in [-0.4, -0.2) is 17.7 Å². The van der Waals surface area contributed by atoms with E-state index < -0.39 is 10.8 Å². The molecule has 15 heavy (non-hydrogen) atoms. The van der Waals surface area contributed by atoms with E-state index in [1.165, 1.54) is 0 Å². The van der Waals surface area contributed by atoms with Crippen LogP contribution in [0.15, 0.2) is 24.3 Å². The molecule has 1 atom stereocenters. The second kappa shape index (κ2) is 5.75. The maximum absolute atomic E-state index is 10.7. The van der Waals surface area contributed by atoms with Crippen molar-refractivity contribution in [3.8, 4) is 5.75 Å². The predicted molar refractivity (Wildman–Crippen MR) is 61.5 cm³/mol. The second-order valence-corrected chi connectivity index (χ2v) is 4.04. The molecule has 0 aliphatic rings. The predicted octanol–water partition coefficient (Wildman–Crippen LogP) is 3.00. The first kappa shape index (κ1) is 12.0. The van der Waals surface area contributed by atoms with E-state index in [2.05, 4.69) is 15.9 Å². The molecule has 4 heteroatoms. The Morgan fingerprint density at radius 2 is 2.33 bits per heavy atom. The summed E-state index contributed by atoms with van der Waals surface area (Å²) in [6.07, 6.45) is 0.931. The molecule has 0 fully saturated rings. The highest BCUT2D eigenvalue weighted by Crippen LogP contribution is 2.26. The lowest BCUT2D eigenvalue weighted by molar-refractivity contribution is -0.136. The number of hydrogen-bond donors (Lipinski definition) is 1. The van der Waals surface area contributed by atoms with Crippen LogP contribution < -0.4 is 4.74 Å². The van der Waals surface area contributed by atoms with Crippen LogP contribution in [0.25, 0.3) is 0 Å². The Hall–Kier alpha value is -1.03. The molecular weight excluding hydrogens is 260 g/mol. The number of ether oxygens (including phenoxy) is 1. The Kier molecular flexibility index (Phi) is 4.62. The van der Waals surface area contributed by atoms with Crippen molar-refractivity contribution in [2.45, 2.75) is 18.2 Å². The molecule has 0 bridgehead atoms. The molecule has 1 N–H and O–H groups in total. The van der Waals surface area contributed by atoms with Gasteiger partial charge in [0.25, 0.3) is 0 Å². The minimum Gasteiger partial charge on any atom is -0.494 e. The number of alkyl halides is 1. The number of benzene rings is 1. The summed E-state index contributed by atoms with van der Waals surface area (Å²) in [5, 5.41) is 8.81. The van der Waals surface area contributed by atoms with Gasteiger partial charge < -0.3 is 9.84 Å². The SMILES string of the molecule is CCCOc1cccc(C(Br)C(=O)O)c1. The van der Waals surface area contributed by atoms with E-state index in [0.717, 1.165) is 6.42 Å². The molecule has 0 amide bonds. The van der Waals surface area contributed by atoms with Gasteiger partial charge in [0.1, 0.15) is 10.6 Å². The topological polar surface area (TPSA) is 46.5 Å². The van der Waals surface area contributed by atoms with Gasteiger partial charge in [-0.15, -0.1) is 0 Å². The number of hydrogen-bond acceptors (Lipinski definition) is 2. The zero-order chi connectivity index (χ0) is 11.3. The maximum Gasteiger partial charge on any atom is 0.321 e. The maximum atomic E-state index is 10.7. The highest BCUT2D eigenvalue weighted by atomic mass is 79.9. The lowest BCUT2D eigenvalue weighted by atomic mass is 10.1. The fraction of sp³-hybridized carbons (Fsp3) is 0.364. The Morgan fingerprint density at radius 3 is 2.93 bits per heavy atom. The van der Waals surface area contributed by atoms with Gasteiger partial charge in [0, 0.05) is 0 Å². The molecular formula is C11H13BrO3. The van der Waals surface area contributed by atoms with E-state index in [4.69, 9.17) is 9.84 Å². The average molecular weight is 273 g/mol. The third-order valence-corrected chi connectivity index (χ3v) is 2.76. The Bertz CT molecular complexity index is 338. The highest BCUT2D eigenvalue weighted by Gasteiger charge is 2.15. The average Bonchev–Trinajstić information content (AvgIpc) is 2.25. The molecule has 1 aromatic rings. The van der Waals surface area contributed by atoms with Crippen molar-refractivity contribution in [1.29, 1.82) is 0 Å². The van der Waals surface area contributed by atoms with Gasteiger partial charge in [-0.2, -0.15) is 0 Å². The van der Waals surface area contributed by atoms with E-state index in [1.54, 1.807) is 18.2 Å². The first-order chi connectivity index (χ1) is 7.15. The number of halogens is 1. The first-order valence-electron chi connectivity index (χ1n) is 4.74. The van der Waals surface area contributed by atoms with Crippen LogP contribution in [0.1, 0.15) is 23.7 Å². The third kappa shape index (κ3) is 3.55. The van der Waals surface area contributed by atoms with Crippen molar-refractivity contribution in [1.82, 2.24) is 0 Å². The van der Waals surface area contributed by atoms with Crippen LogP contribution in [0.2, 0.25) is 0 Å². The quantitative estimate of drug-likeness (QED) is 0.839. The van der Waals surface area contributed by atoms with Gasteiger partial charge in [-0.1, -0.05) is 35.0 Å². The molecule has 0 aliphatic carbocycles. The minimum atomic E-state index is -0.900. The van der Waals surface area contributed by atoms with Crippen molar-refractivity contribution in [3.05, 3.63) is 29.8 Å². The number of carboxylic acid groups (broad SMARTS) is 1. The zero-order valence-corrected chi connectivity index (χ0v) is 10.0. The standard InChI is InChI=1S/C11H13BrO3/c1-2-6-15-9-5-3-4-8(7-9)10(12)11(13)14/h3-5,7,10H,2,6H2,1H3,(H,13,14). The summed E-state index contributed by atoms with van der Waals surface area (Å²) in [5.41, 5.74) is 0.691. The van der Waals surface area contributed by atoms with Gasteiger partial charge in [0.15, 0.2) is 0 Å². The summed E-state index contributed by atoms with van der Waals surface area (Å²) < 4.78 is 5.41. The summed E-state index contributed by atoms with van der Waals surface area (Å²) in [6.45, 7) is 2.66. The third-order valence-electron chi connectivity index (χ3n) is 1.84. The molecule has 82 valence electrons. The van der Waals surface area contributed by atoms with Crippen molar-refractivity contribution in [3.63, 3.8) is 0 Å². The molecule has 1 aromatic carbocycles.